The number of hydrogen-bond acceptors (Lipinski definition) is 4. The molecule has 0 spiro atoms. The number of benzene rings is 2. The summed E-state index contributed by atoms with van der Waals surface area (Å²) in [4.78, 5) is 27.9. The van der Waals surface area contributed by atoms with Crippen molar-refractivity contribution in [2.45, 2.75) is 58.4 Å². The van der Waals surface area contributed by atoms with Crippen LogP contribution in [0.4, 0.5) is 0 Å². The first-order chi connectivity index (χ1) is 16.2. The zero-order chi connectivity index (χ0) is 24.4. The minimum Gasteiger partial charge on any atom is -0.507 e. The average Bonchev–Trinajstić information content (AvgIpc) is 3.60. The van der Waals surface area contributed by atoms with E-state index < -0.39 is 5.92 Å². The fraction of sp³-hybridized carbons (Fsp3) is 0.500. The minimum absolute atomic E-state index is 0.0704. The molecule has 1 saturated heterocycles. The molecular weight excluding hydrogens is 428 g/mol. The number of amides is 2. The van der Waals surface area contributed by atoms with Gasteiger partial charge in [-0.1, -0.05) is 26.0 Å². The molecule has 1 aliphatic heterocycles. The maximum atomic E-state index is 13.5. The first kappa shape index (κ1) is 24.1. The van der Waals surface area contributed by atoms with E-state index >= 15 is 0 Å². The number of phenols is 1. The lowest BCUT2D eigenvalue weighted by atomic mass is 9.85. The second-order valence-electron chi connectivity index (χ2n) is 10.3. The monoisotopic (exact) mass is 464 g/mol. The highest BCUT2D eigenvalue weighted by molar-refractivity contribution is 5.94. The van der Waals surface area contributed by atoms with Crippen molar-refractivity contribution in [3.05, 3.63) is 58.7 Å². The lowest BCUT2D eigenvalue weighted by Gasteiger charge is -2.36. The molecule has 3 unspecified atom stereocenters. The molecule has 1 saturated carbocycles. The maximum absolute atomic E-state index is 13.5. The van der Waals surface area contributed by atoms with E-state index in [1.807, 2.05) is 30.0 Å². The number of likely N-dealkylation sites (tertiary alicyclic amines) is 1. The molecule has 182 valence electrons. The van der Waals surface area contributed by atoms with Gasteiger partial charge in [0.1, 0.15) is 11.5 Å². The van der Waals surface area contributed by atoms with Gasteiger partial charge in [0.15, 0.2) is 0 Å². The van der Waals surface area contributed by atoms with E-state index in [1.54, 1.807) is 25.3 Å². The molecule has 2 aliphatic rings. The number of methoxy groups -OCH3 is 1. The number of aryl methyl sites for hydroxylation is 1. The number of piperidine rings is 1. The Hall–Kier alpha value is -3.02. The van der Waals surface area contributed by atoms with Gasteiger partial charge in [-0.3, -0.25) is 9.59 Å². The van der Waals surface area contributed by atoms with Crippen molar-refractivity contribution < 1.29 is 19.4 Å². The predicted octanol–water partition coefficient (Wildman–Crippen LogP) is 4.63. The summed E-state index contributed by atoms with van der Waals surface area (Å²) in [6.45, 7) is 7.79. The molecule has 1 aliphatic carbocycles. The van der Waals surface area contributed by atoms with Crippen LogP contribution in [0.15, 0.2) is 36.4 Å². The highest BCUT2D eigenvalue weighted by atomic mass is 16.5. The molecule has 3 atom stereocenters. The van der Waals surface area contributed by atoms with Crippen molar-refractivity contribution in [1.29, 1.82) is 0 Å². The molecule has 0 aromatic heterocycles. The molecule has 34 heavy (non-hydrogen) atoms. The van der Waals surface area contributed by atoms with E-state index in [0.717, 1.165) is 43.5 Å². The standard InChI is InChI=1S/C28H36N2O4/c1-17-12-24(31)27(25(13-17)34-4)23(14-26(32)30-15-18(2)11-19(3)16-30)20-5-7-21(8-6-20)28(33)29-22-9-10-22/h5-8,12-13,18-19,22-23,31H,9-11,14-16H2,1-4H3,(H,29,33). The molecule has 2 aromatic carbocycles. The fourth-order valence-corrected chi connectivity index (χ4v) is 5.19. The van der Waals surface area contributed by atoms with Crippen molar-refractivity contribution >= 4 is 11.8 Å². The van der Waals surface area contributed by atoms with Gasteiger partial charge in [0.05, 0.1) is 7.11 Å². The number of carbonyl (C=O) groups is 2. The van der Waals surface area contributed by atoms with Gasteiger partial charge in [0, 0.05) is 42.6 Å². The summed E-state index contributed by atoms with van der Waals surface area (Å²) in [5.41, 5.74) is 2.95. The van der Waals surface area contributed by atoms with Gasteiger partial charge >= 0.3 is 0 Å². The third-order valence-electron chi connectivity index (χ3n) is 6.92. The van der Waals surface area contributed by atoms with Crippen LogP contribution >= 0.6 is 0 Å². The molecule has 0 radical (unpaired) electrons. The van der Waals surface area contributed by atoms with E-state index in [2.05, 4.69) is 19.2 Å². The highest BCUT2D eigenvalue weighted by Gasteiger charge is 2.31. The Morgan fingerprint density at radius 3 is 2.35 bits per heavy atom. The molecule has 0 bridgehead atoms. The van der Waals surface area contributed by atoms with Crippen molar-refractivity contribution in [1.82, 2.24) is 10.2 Å². The predicted molar refractivity (Wildman–Crippen MR) is 132 cm³/mol. The summed E-state index contributed by atoms with van der Waals surface area (Å²) >= 11 is 0. The number of ether oxygens (including phenoxy) is 1. The number of rotatable bonds is 7. The van der Waals surface area contributed by atoms with Crippen molar-refractivity contribution in [2.75, 3.05) is 20.2 Å². The second kappa shape index (κ2) is 10.1. The number of nitrogens with zero attached hydrogens (tertiary/aromatic N) is 1. The molecular formula is C28H36N2O4. The Labute approximate surface area is 202 Å². The molecule has 2 aromatic rings. The van der Waals surface area contributed by atoms with Gasteiger partial charge in [-0.15, -0.1) is 0 Å². The van der Waals surface area contributed by atoms with Crippen LogP contribution in [0.5, 0.6) is 11.5 Å². The Kier molecular flexibility index (Phi) is 7.15. The topological polar surface area (TPSA) is 78.9 Å². The van der Waals surface area contributed by atoms with Crippen LogP contribution in [0.1, 0.15) is 72.5 Å². The van der Waals surface area contributed by atoms with Gasteiger partial charge in [-0.05, 0) is 73.4 Å². The van der Waals surface area contributed by atoms with Crippen molar-refractivity contribution in [2.24, 2.45) is 11.8 Å². The van der Waals surface area contributed by atoms with Gasteiger partial charge in [-0.2, -0.15) is 0 Å². The minimum atomic E-state index is -0.392. The second-order valence-corrected chi connectivity index (χ2v) is 10.3. The lowest BCUT2D eigenvalue weighted by Crippen LogP contribution is -2.43. The molecule has 2 amide bonds. The maximum Gasteiger partial charge on any atom is 0.251 e. The Morgan fingerprint density at radius 2 is 1.76 bits per heavy atom. The summed E-state index contributed by atoms with van der Waals surface area (Å²) in [7, 11) is 1.58. The summed E-state index contributed by atoms with van der Waals surface area (Å²) in [6.07, 6.45) is 3.42. The van der Waals surface area contributed by atoms with E-state index in [-0.39, 0.29) is 24.0 Å². The summed E-state index contributed by atoms with van der Waals surface area (Å²) in [5, 5.41) is 13.9. The highest BCUT2D eigenvalue weighted by Crippen LogP contribution is 2.42. The largest absolute Gasteiger partial charge is 0.507 e. The number of aromatic hydroxyl groups is 1. The number of phenolic OH excluding ortho intramolecular Hbond substituents is 1. The number of hydrogen-bond donors (Lipinski definition) is 2. The quantitative estimate of drug-likeness (QED) is 0.626. The SMILES string of the molecule is COc1cc(C)cc(O)c1C(CC(=O)N1CC(C)CC(C)C1)c1ccc(C(=O)NC2CC2)cc1. The molecule has 4 rings (SSSR count). The van der Waals surface area contributed by atoms with Crippen LogP contribution in [-0.4, -0.2) is 48.1 Å². The van der Waals surface area contributed by atoms with Gasteiger partial charge in [0.2, 0.25) is 5.91 Å². The van der Waals surface area contributed by atoms with Crippen molar-refractivity contribution in [3.63, 3.8) is 0 Å². The molecule has 2 N–H and O–H groups in total. The Morgan fingerprint density at radius 1 is 1.12 bits per heavy atom. The Balaban J connectivity index is 1.66. The summed E-state index contributed by atoms with van der Waals surface area (Å²) in [6, 6.07) is 11.3. The van der Waals surface area contributed by atoms with E-state index in [0.29, 0.717) is 34.8 Å². The smallest absolute Gasteiger partial charge is 0.251 e. The normalized spacial score (nSPS) is 21.1. The van der Waals surface area contributed by atoms with Crippen LogP contribution in [0.2, 0.25) is 0 Å². The van der Waals surface area contributed by atoms with Crippen LogP contribution in [0.3, 0.4) is 0 Å². The third kappa shape index (κ3) is 5.54. The van der Waals surface area contributed by atoms with Crippen LogP contribution in [-0.2, 0) is 4.79 Å². The Bertz CT molecular complexity index is 1040. The van der Waals surface area contributed by atoms with Crippen molar-refractivity contribution in [3.8, 4) is 11.5 Å². The van der Waals surface area contributed by atoms with Gasteiger partial charge < -0.3 is 20.1 Å². The van der Waals surface area contributed by atoms with E-state index in [4.69, 9.17) is 4.74 Å². The third-order valence-corrected chi connectivity index (χ3v) is 6.92. The first-order valence-corrected chi connectivity index (χ1v) is 12.3. The molecule has 6 nitrogen and oxygen atoms in total. The van der Waals surface area contributed by atoms with E-state index in [9.17, 15) is 14.7 Å². The first-order valence-electron chi connectivity index (χ1n) is 12.3. The summed E-state index contributed by atoms with van der Waals surface area (Å²) < 4.78 is 5.63. The average molecular weight is 465 g/mol. The zero-order valence-corrected chi connectivity index (χ0v) is 20.6. The summed E-state index contributed by atoms with van der Waals surface area (Å²) in [5.74, 6) is 1.22. The van der Waals surface area contributed by atoms with Gasteiger partial charge in [-0.25, -0.2) is 0 Å². The molecule has 1 heterocycles. The van der Waals surface area contributed by atoms with E-state index in [1.165, 1.54) is 0 Å². The number of carbonyl (C=O) groups excluding carboxylic acids is 2. The number of nitrogens with one attached hydrogen (secondary N) is 1. The lowest BCUT2D eigenvalue weighted by molar-refractivity contribution is -0.134. The van der Waals surface area contributed by atoms with Crippen LogP contribution in [0.25, 0.3) is 0 Å². The molecule has 6 heteroatoms. The van der Waals surface area contributed by atoms with Crippen LogP contribution < -0.4 is 10.1 Å². The zero-order valence-electron chi connectivity index (χ0n) is 20.6. The molecule has 2 fully saturated rings. The fourth-order valence-electron chi connectivity index (χ4n) is 5.19. The van der Waals surface area contributed by atoms with Crippen LogP contribution in [0, 0.1) is 18.8 Å². The van der Waals surface area contributed by atoms with Gasteiger partial charge in [0.25, 0.3) is 5.91 Å².